The second-order valence-corrected chi connectivity index (χ2v) is 26.8. The Labute approximate surface area is 526 Å². The molecule has 0 aromatic rings. The highest BCUT2D eigenvalue weighted by Crippen LogP contribution is 2.38. The van der Waals surface area contributed by atoms with E-state index in [-0.39, 0.29) is 24.9 Å². The maximum Gasteiger partial charge on any atom is 0.306 e. The Hall–Kier alpha value is -2.81. The average molecular weight is 1210 g/mol. The molecule has 0 heterocycles. The number of esters is 1. The van der Waals surface area contributed by atoms with E-state index in [9.17, 15) is 19.0 Å². The second kappa shape index (κ2) is 64.2. The summed E-state index contributed by atoms with van der Waals surface area (Å²) in [6.45, 7) is 6.82. The molecule has 0 aliphatic carbocycles. The summed E-state index contributed by atoms with van der Waals surface area (Å²) in [5.74, 6) is -0.543. The molecular formula is C75H137N2O7P. The summed E-state index contributed by atoms with van der Waals surface area (Å²) in [5.41, 5.74) is 0. The van der Waals surface area contributed by atoms with Crippen LogP contribution in [0.1, 0.15) is 329 Å². The number of carbonyl (C=O) groups excluding carboxylic acids is 2. The maximum atomic E-state index is 13.6. The molecule has 1 N–H and O–H groups in total. The van der Waals surface area contributed by atoms with Crippen LogP contribution in [-0.4, -0.2) is 69.4 Å². The first kappa shape index (κ1) is 82.2. The first-order valence-electron chi connectivity index (χ1n) is 35.9. The molecule has 9 nitrogen and oxygen atoms in total. The highest BCUT2D eigenvalue weighted by molar-refractivity contribution is 7.45. The highest BCUT2D eigenvalue weighted by Gasteiger charge is 2.27. The lowest BCUT2D eigenvalue weighted by Gasteiger charge is -2.30. The number of nitrogens with zero attached hydrogens (tertiary/aromatic N) is 1. The number of amides is 1. The molecule has 494 valence electrons. The van der Waals surface area contributed by atoms with Crippen molar-refractivity contribution in [2.75, 3.05) is 40.9 Å². The third-order valence-electron chi connectivity index (χ3n) is 15.8. The number of hydrogen-bond acceptors (Lipinski definition) is 7. The van der Waals surface area contributed by atoms with Crippen molar-refractivity contribution in [2.45, 2.75) is 341 Å². The fourth-order valence-electron chi connectivity index (χ4n) is 10.2. The quantitative estimate of drug-likeness (QED) is 0.0212. The third kappa shape index (κ3) is 65.5. The number of phosphoric acid groups is 1. The van der Waals surface area contributed by atoms with Crippen molar-refractivity contribution in [1.82, 2.24) is 5.32 Å². The van der Waals surface area contributed by atoms with E-state index in [1.54, 1.807) is 0 Å². The summed E-state index contributed by atoms with van der Waals surface area (Å²) in [4.78, 5) is 40.2. The summed E-state index contributed by atoms with van der Waals surface area (Å²) >= 11 is 0. The van der Waals surface area contributed by atoms with Gasteiger partial charge in [-0.25, -0.2) is 0 Å². The van der Waals surface area contributed by atoms with Crippen molar-refractivity contribution in [3.05, 3.63) is 85.1 Å². The predicted molar refractivity (Wildman–Crippen MR) is 367 cm³/mol. The van der Waals surface area contributed by atoms with Crippen molar-refractivity contribution in [1.29, 1.82) is 0 Å². The molecule has 0 saturated carbocycles. The summed E-state index contributed by atoms with van der Waals surface area (Å²) in [6, 6.07) is -0.897. The number of rotatable bonds is 65. The number of likely N-dealkylation sites (N-methyl/N-ethyl adjacent to an activating group) is 1. The van der Waals surface area contributed by atoms with E-state index >= 15 is 0 Å². The first-order valence-corrected chi connectivity index (χ1v) is 37.4. The number of nitrogens with one attached hydrogen (secondary N) is 1. The normalized spacial score (nSPS) is 14.0. The molecule has 0 spiro atoms. The minimum Gasteiger partial charge on any atom is -0.756 e. The molecule has 0 bridgehead atoms. The predicted octanol–water partition coefficient (Wildman–Crippen LogP) is 22.3. The first-order chi connectivity index (χ1) is 41.4. The minimum atomic E-state index is -4.71. The zero-order valence-corrected chi connectivity index (χ0v) is 57.4. The van der Waals surface area contributed by atoms with Crippen LogP contribution in [0.15, 0.2) is 85.1 Å². The number of hydrogen-bond donors (Lipinski definition) is 1. The molecule has 0 aromatic carbocycles. The number of unbranched alkanes of at least 4 members (excludes halogenated alkanes) is 37. The molecular weight excluding hydrogens is 1070 g/mol. The van der Waals surface area contributed by atoms with Gasteiger partial charge in [0.15, 0.2) is 0 Å². The van der Waals surface area contributed by atoms with Gasteiger partial charge in [0, 0.05) is 12.8 Å². The SMILES string of the molecule is CCCCC/C=C\C/C=C\C/C=C\C/C=C\CCCCCCCCCCCC(=O)OC(/C=C/CCCCCCCCCCCCC)C(COP(=O)([O-])OCC[N+](C)(C)C)NC(=O)CCCCCCCCCCCCC/C=C\C/C=C\CCCCC. The van der Waals surface area contributed by atoms with Crippen molar-refractivity contribution in [3.63, 3.8) is 0 Å². The van der Waals surface area contributed by atoms with Crippen LogP contribution in [0.25, 0.3) is 0 Å². The van der Waals surface area contributed by atoms with Gasteiger partial charge in [-0.05, 0) is 109 Å². The van der Waals surface area contributed by atoms with E-state index in [0.29, 0.717) is 17.4 Å². The molecule has 0 rings (SSSR count). The van der Waals surface area contributed by atoms with Gasteiger partial charge in [-0.3, -0.25) is 14.2 Å². The van der Waals surface area contributed by atoms with Gasteiger partial charge in [0.2, 0.25) is 5.91 Å². The van der Waals surface area contributed by atoms with Gasteiger partial charge >= 0.3 is 5.97 Å². The topological polar surface area (TPSA) is 114 Å². The van der Waals surface area contributed by atoms with E-state index in [1.807, 2.05) is 33.3 Å². The van der Waals surface area contributed by atoms with Crippen LogP contribution in [0.4, 0.5) is 0 Å². The Balaban J connectivity index is 5.12. The standard InChI is InChI=1S/C75H137N2O7P/c1-7-10-13-16-19-22-25-28-30-32-34-36-37-38-39-41-43-45-47-50-53-56-59-62-65-68-75(79)84-73(66-63-60-57-54-51-48-27-24-21-18-15-12-9-3)72(71-83-85(80,81)82-70-69-77(4,5)6)76-74(78)67-64-61-58-55-52-49-46-44-42-40-35-33-31-29-26-23-20-17-14-11-8-2/h19-20,22-23,28-31,34,36,38-39,63,66,72-73H,7-18,21,24-27,32-33,35,37,40-62,64-65,67-71H2,1-6H3,(H-,76,78,80,81)/b22-19-,23-20-,30-28-,31-29-,36-34-,39-38-,66-63+. The van der Waals surface area contributed by atoms with Crippen LogP contribution in [0, 0.1) is 0 Å². The molecule has 0 aromatic heterocycles. The second-order valence-electron chi connectivity index (χ2n) is 25.4. The zero-order valence-electron chi connectivity index (χ0n) is 56.6. The van der Waals surface area contributed by atoms with Gasteiger partial charge in [-0.15, -0.1) is 0 Å². The van der Waals surface area contributed by atoms with Gasteiger partial charge in [-0.1, -0.05) is 292 Å². The van der Waals surface area contributed by atoms with E-state index in [2.05, 4.69) is 99.0 Å². The Morgan fingerprint density at radius 1 is 0.412 bits per heavy atom. The van der Waals surface area contributed by atoms with Crippen molar-refractivity contribution >= 4 is 19.7 Å². The van der Waals surface area contributed by atoms with Crippen molar-refractivity contribution < 1.29 is 37.3 Å². The molecule has 3 unspecified atom stereocenters. The number of carbonyl (C=O) groups is 2. The molecule has 0 saturated heterocycles. The Morgan fingerprint density at radius 3 is 1.09 bits per heavy atom. The smallest absolute Gasteiger partial charge is 0.306 e. The number of ether oxygens (including phenoxy) is 1. The molecule has 0 aliphatic heterocycles. The molecule has 3 atom stereocenters. The minimum absolute atomic E-state index is 0.0260. The van der Waals surface area contributed by atoms with Gasteiger partial charge in [-0.2, -0.15) is 0 Å². The van der Waals surface area contributed by atoms with E-state index in [4.69, 9.17) is 13.8 Å². The van der Waals surface area contributed by atoms with Gasteiger partial charge in [0.25, 0.3) is 7.82 Å². The maximum absolute atomic E-state index is 13.6. The lowest BCUT2D eigenvalue weighted by molar-refractivity contribution is -0.870. The van der Waals surface area contributed by atoms with Gasteiger partial charge < -0.3 is 28.5 Å². The lowest BCUT2D eigenvalue weighted by atomic mass is 10.0. The van der Waals surface area contributed by atoms with E-state index < -0.39 is 26.6 Å². The molecule has 0 fully saturated rings. The number of allylic oxidation sites excluding steroid dienone is 13. The largest absolute Gasteiger partial charge is 0.756 e. The van der Waals surface area contributed by atoms with Crippen LogP contribution >= 0.6 is 7.82 Å². The summed E-state index contributed by atoms with van der Waals surface area (Å²) in [6.07, 6.45) is 85.5. The highest BCUT2D eigenvalue weighted by atomic mass is 31.2. The Bertz CT molecular complexity index is 1730. The van der Waals surface area contributed by atoms with E-state index in [1.165, 1.54) is 199 Å². The van der Waals surface area contributed by atoms with Gasteiger partial charge in [0.1, 0.15) is 19.3 Å². The Morgan fingerprint density at radius 2 is 0.718 bits per heavy atom. The van der Waals surface area contributed by atoms with Crippen LogP contribution in [-0.2, 0) is 27.9 Å². The zero-order chi connectivity index (χ0) is 62.1. The monoisotopic (exact) mass is 1210 g/mol. The third-order valence-corrected chi connectivity index (χ3v) is 16.8. The molecule has 0 radical (unpaired) electrons. The van der Waals surface area contributed by atoms with Crippen molar-refractivity contribution in [3.8, 4) is 0 Å². The molecule has 0 aliphatic rings. The summed E-state index contributed by atoms with van der Waals surface area (Å²) < 4.78 is 30.5. The molecule has 1 amide bonds. The van der Waals surface area contributed by atoms with Crippen LogP contribution in [0.5, 0.6) is 0 Å². The summed E-state index contributed by atoms with van der Waals surface area (Å²) in [5, 5.41) is 3.04. The van der Waals surface area contributed by atoms with Crippen LogP contribution in [0.3, 0.4) is 0 Å². The number of phosphoric ester groups is 1. The molecule has 10 heteroatoms. The average Bonchev–Trinajstić information content (AvgIpc) is 3.48. The number of quaternary nitrogens is 1. The summed E-state index contributed by atoms with van der Waals surface area (Å²) in [7, 11) is 1.18. The van der Waals surface area contributed by atoms with Crippen LogP contribution < -0.4 is 10.2 Å². The van der Waals surface area contributed by atoms with Gasteiger partial charge in [0.05, 0.1) is 33.8 Å². The fourth-order valence-corrected chi connectivity index (χ4v) is 11.0. The Kier molecular flexibility index (Phi) is 62.1. The lowest BCUT2D eigenvalue weighted by Crippen LogP contribution is -2.47. The fraction of sp³-hybridized carbons (Fsp3) is 0.787. The van der Waals surface area contributed by atoms with Crippen LogP contribution in [0.2, 0.25) is 0 Å². The van der Waals surface area contributed by atoms with E-state index in [0.717, 1.165) is 96.3 Å². The molecule has 85 heavy (non-hydrogen) atoms. The van der Waals surface area contributed by atoms with Crippen molar-refractivity contribution in [2.24, 2.45) is 0 Å².